The lowest BCUT2D eigenvalue weighted by molar-refractivity contribution is 1.19. The van der Waals surface area contributed by atoms with E-state index in [0.717, 1.165) is 5.65 Å². The zero-order valence-corrected chi connectivity index (χ0v) is 7.36. The first kappa shape index (κ1) is 8.59. The molecule has 2 aromatic rings. The summed E-state index contributed by atoms with van der Waals surface area (Å²) in [6.45, 7) is 4.00. The van der Waals surface area contributed by atoms with Crippen LogP contribution in [0.25, 0.3) is 5.65 Å². The summed E-state index contributed by atoms with van der Waals surface area (Å²) in [4.78, 5) is 4.05. The summed E-state index contributed by atoms with van der Waals surface area (Å²) in [6, 6.07) is 5.78. The van der Waals surface area contributed by atoms with Gasteiger partial charge < -0.3 is 10.1 Å². The second-order valence-corrected chi connectivity index (χ2v) is 2.13. The Kier molecular flexibility index (Phi) is 2.69. The minimum absolute atomic E-state index is 0.561. The first-order valence-corrected chi connectivity index (χ1v) is 4.05. The lowest BCUT2D eigenvalue weighted by atomic mass is 10.5. The predicted octanol–water partition coefficient (Wildman–Crippen LogP) is 1.94. The smallest absolute Gasteiger partial charge is 0.142 e. The van der Waals surface area contributed by atoms with Gasteiger partial charge in [-0.05, 0) is 12.1 Å². The predicted molar refractivity (Wildman–Crippen MR) is 51.0 cm³/mol. The third-order valence-electron chi connectivity index (χ3n) is 1.38. The van der Waals surface area contributed by atoms with E-state index in [1.54, 1.807) is 6.20 Å². The monoisotopic (exact) mass is 163 g/mol. The Hall–Kier alpha value is -1.51. The van der Waals surface area contributed by atoms with Crippen LogP contribution in [0.4, 0.5) is 5.82 Å². The van der Waals surface area contributed by atoms with Crippen molar-refractivity contribution in [1.29, 1.82) is 0 Å². The van der Waals surface area contributed by atoms with Crippen molar-refractivity contribution < 1.29 is 0 Å². The maximum Gasteiger partial charge on any atom is 0.142 e. The van der Waals surface area contributed by atoms with Crippen LogP contribution in [0.5, 0.6) is 0 Å². The molecule has 0 unspecified atom stereocenters. The summed E-state index contributed by atoms with van der Waals surface area (Å²) in [6.07, 6.45) is 3.70. The normalized spacial score (nSPS) is 9.17. The molecule has 3 nitrogen and oxygen atoms in total. The van der Waals surface area contributed by atoms with Crippen molar-refractivity contribution in [3.8, 4) is 0 Å². The van der Waals surface area contributed by atoms with E-state index in [1.165, 1.54) is 0 Å². The van der Waals surface area contributed by atoms with Gasteiger partial charge in [0.15, 0.2) is 0 Å². The molecule has 0 spiro atoms. The maximum absolute atomic E-state index is 5.46. The Morgan fingerprint density at radius 1 is 1.33 bits per heavy atom. The van der Waals surface area contributed by atoms with E-state index in [-0.39, 0.29) is 0 Å². The van der Waals surface area contributed by atoms with Crippen LogP contribution in [0.15, 0.2) is 30.6 Å². The molecule has 64 valence electrons. The lowest BCUT2D eigenvalue weighted by Gasteiger charge is -1.86. The van der Waals surface area contributed by atoms with Crippen molar-refractivity contribution in [1.82, 2.24) is 9.38 Å². The summed E-state index contributed by atoms with van der Waals surface area (Å²) in [5, 5.41) is 0. The number of rotatable bonds is 0. The molecule has 3 heteroatoms. The van der Waals surface area contributed by atoms with Crippen LogP contribution in [0.2, 0.25) is 0 Å². The summed E-state index contributed by atoms with van der Waals surface area (Å²) in [5.74, 6) is 0.561. The number of aromatic nitrogens is 2. The number of fused-ring (bicyclic) bond motifs is 1. The van der Waals surface area contributed by atoms with Gasteiger partial charge in [0, 0.05) is 6.20 Å². The molecule has 12 heavy (non-hydrogen) atoms. The summed E-state index contributed by atoms with van der Waals surface area (Å²) in [7, 11) is 0. The van der Waals surface area contributed by atoms with E-state index in [9.17, 15) is 0 Å². The van der Waals surface area contributed by atoms with E-state index in [0.29, 0.717) is 5.82 Å². The van der Waals surface area contributed by atoms with Crippen LogP contribution in [0, 0.1) is 0 Å². The van der Waals surface area contributed by atoms with Crippen molar-refractivity contribution in [3.05, 3.63) is 30.6 Å². The highest BCUT2D eigenvalue weighted by atomic mass is 15.0. The first-order chi connectivity index (χ1) is 5.86. The van der Waals surface area contributed by atoms with Gasteiger partial charge in [-0.3, -0.25) is 0 Å². The Bertz CT molecular complexity index is 318. The van der Waals surface area contributed by atoms with Gasteiger partial charge >= 0.3 is 0 Å². The minimum Gasteiger partial charge on any atom is -0.382 e. The fourth-order valence-electron chi connectivity index (χ4n) is 0.954. The van der Waals surface area contributed by atoms with Gasteiger partial charge in [-0.2, -0.15) is 0 Å². The highest BCUT2D eigenvalue weighted by Crippen LogP contribution is 2.03. The molecular weight excluding hydrogens is 150 g/mol. The molecule has 2 rings (SSSR count). The van der Waals surface area contributed by atoms with Gasteiger partial charge in [0.2, 0.25) is 0 Å². The number of imidazole rings is 1. The minimum atomic E-state index is 0.561. The highest BCUT2D eigenvalue weighted by Gasteiger charge is 1.92. The lowest BCUT2D eigenvalue weighted by Crippen LogP contribution is -1.80. The van der Waals surface area contributed by atoms with Gasteiger partial charge in [0.25, 0.3) is 0 Å². The number of hydrogen-bond acceptors (Lipinski definition) is 2. The van der Waals surface area contributed by atoms with E-state index >= 15 is 0 Å². The van der Waals surface area contributed by atoms with Gasteiger partial charge in [-0.15, -0.1) is 0 Å². The van der Waals surface area contributed by atoms with Crippen LogP contribution in [-0.4, -0.2) is 9.38 Å². The standard InChI is InChI=1S/C7H7N3.C2H6/c8-6-5-10-4-2-1-3-7(10)9-6;1-2/h1-5H,8H2;1-2H3. The molecule has 0 atom stereocenters. The van der Waals surface area contributed by atoms with Crippen LogP contribution >= 0.6 is 0 Å². The third kappa shape index (κ3) is 1.56. The Morgan fingerprint density at radius 3 is 2.75 bits per heavy atom. The number of anilines is 1. The molecule has 0 saturated carbocycles. The first-order valence-electron chi connectivity index (χ1n) is 4.05. The summed E-state index contributed by atoms with van der Waals surface area (Å²) >= 11 is 0. The number of nitrogen functional groups attached to an aromatic ring is 1. The topological polar surface area (TPSA) is 43.3 Å². The Morgan fingerprint density at radius 2 is 2.08 bits per heavy atom. The molecule has 0 aliphatic carbocycles. The van der Waals surface area contributed by atoms with Crippen molar-refractivity contribution >= 4 is 11.5 Å². The summed E-state index contributed by atoms with van der Waals surface area (Å²) < 4.78 is 1.88. The molecular formula is C9H13N3. The van der Waals surface area contributed by atoms with E-state index in [2.05, 4.69) is 4.98 Å². The second-order valence-electron chi connectivity index (χ2n) is 2.13. The third-order valence-corrected chi connectivity index (χ3v) is 1.38. The maximum atomic E-state index is 5.46. The molecule has 0 saturated heterocycles. The van der Waals surface area contributed by atoms with Gasteiger partial charge in [0.05, 0.1) is 6.20 Å². The number of nitrogens with two attached hydrogens (primary N) is 1. The number of nitrogens with zero attached hydrogens (tertiary/aromatic N) is 2. The molecule has 2 heterocycles. The fourth-order valence-corrected chi connectivity index (χ4v) is 0.954. The number of hydrogen-bond donors (Lipinski definition) is 1. The Balaban J connectivity index is 0.000000336. The molecule has 0 amide bonds. The second kappa shape index (κ2) is 3.76. The van der Waals surface area contributed by atoms with E-state index in [4.69, 9.17) is 5.73 Å². The van der Waals surface area contributed by atoms with Crippen LogP contribution in [0.1, 0.15) is 13.8 Å². The number of pyridine rings is 1. The van der Waals surface area contributed by atoms with Gasteiger partial charge in [-0.25, -0.2) is 4.98 Å². The van der Waals surface area contributed by atoms with Crippen molar-refractivity contribution in [2.75, 3.05) is 5.73 Å². The molecule has 0 aliphatic rings. The quantitative estimate of drug-likeness (QED) is 0.645. The largest absolute Gasteiger partial charge is 0.382 e. The molecule has 0 aromatic carbocycles. The van der Waals surface area contributed by atoms with Gasteiger partial charge in [0.1, 0.15) is 11.5 Å². The average molecular weight is 163 g/mol. The van der Waals surface area contributed by atoms with Crippen LogP contribution in [-0.2, 0) is 0 Å². The molecule has 2 N–H and O–H groups in total. The van der Waals surface area contributed by atoms with Crippen molar-refractivity contribution in [2.45, 2.75) is 13.8 Å². The van der Waals surface area contributed by atoms with Crippen molar-refractivity contribution in [2.24, 2.45) is 0 Å². The highest BCUT2D eigenvalue weighted by molar-refractivity contribution is 5.45. The molecule has 0 fully saturated rings. The Labute approximate surface area is 71.8 Å². The average Bonchev–Trinajstić information content (AvgIpc) is 2.48. The molecule has 0 radical (unpaired) electrons. The van der Waals surface area contributed by atoms with Gasteiger partial charge in [-0.1, -0.05) is 19.9 Å². The van der Waals surface area contributed by atoms with Crippen molar-refractivity contribution in [3.63, 3.8) is 0 Å². The fraction of sp³-hybridized carbons (Fsp3) is 0.222. The van der Waals surface area contributed by atoms with E-state index in [1.807, 2.05) is 42.6 Å². The zero-order valence-electron chi connectivity index (χ0n) is 7.36. The molecule has 0 aliphatic heterocycles. The zero-order chi connectivity index (χ0) is 8.97. The van der Waals surface area contributed by atoms with E-state index < -0.39 is 0 Å². The van der Waals surface area contributed by atoms with Crippen LogP contribution in [0.3, 0.4) is 0 Å². The van der Waals surface area contributed by atoms with Crippen LogP contribution < -0.4 is 5.73 Å². The SMILES string of the molecule is CC.Nc1cn2ccccc2n1. The summed E-state index contributed by atoms with van der Waals surface area (Å²) in [5.41, 5.74) is 6.35. The molecule has 0 bridgehead atoms. The molecule has 2 aromatic heterocycles.